The van der Waals surface area contributed by atoms with Gasteiger partial charge < -0.3 is 0 Å². The molecule has 0 nitrogen and oxygen atoms in total. The van der Waals surface area contributed by atoms with Crippen LogP contribution in [-0.4, -0.2) is 0 Å². The quantitative estimate of drug-likeness (QED) is 0.421. The largest absolute Gasteiger partial charge is 0.0654 e. The highest BCUT2D eigenvalue weighted by Gasteiger charge is 2.52. The van der Waals surface area contributed by atoms with Gasteiger partial charge in [0.15, 0.2) is 0 Å². The summed E-state index contributed by atoms with van der Waals surface area (Å²) in [5.41, 5.74) is 8.30. The normalized spacial score (nSPS) is 22.9. The molecule has 0 amide bonds. The smallest absolute Gasteiger partial charge is 0.00359 e. The predicted molar refractivity (Wildman–Crippen MR) is 125 cm³/mol. The summed E-state index contributed by atoms with van der Waals surface area (Å²) in [6.45, 7) is 19.6. The van der Waals surface area contributed by atoms with E-state index in [4.69, 9.17) is 0 Å². The van der Waals surface area contributed by atoms with Gasteiger partial charge in [-0.1, -0.05) is 93.2 Å². The molecule has 1 aromatic rings. The van der Waals surface area contributed by atoms with Gasteiger partial charge >= 0.3 is 0 Å². The Labute approximate surface area is 175 Å². The second-order valence-corrected chi connectivity index (χ2v) is 11.6. The van der Waals surface area contributed by atoms with Crippen molar-refractivity contribution >= 4 is 0 Å². The SMILES string of the molecule is CCCC1(CCC)CC(C)(C)c2cc3c(cc21)C(CCC)(CCC)CC3(C)C. The highest BCUT2D eigenvalue weighted by atomic mass is 14.6. The molecular formula is C28H46. The Morgan fingerprint density at radius 2 is 0.821 bits per heavy atom. The fourth-order valence-corrected chi connectivity index (χ4v) is 7.73. The molecule has 1 aromatic carbocycles. The van der Waals surface area contributed by atoms with Crippen LogP contribution in [0.2, 0.25) is 0 Å². The first-order valence-electron chi connectivity index (χ1n) is 12.3. The minimum absolute atomic E-state index is 0.311. The molecule has 0 fully saturated rings. The molecule has 0 heteroatoms. The monoisotopic (exact) mass is 382 g/mol. The summed E-state index contributed by atoms with van der Waals surface area (Å²) in [7, 11) is 0. The van der Waals surface area contributed by atoms with Crippen molar-refractivity contribution in [3.05, 3.63) is 34.4 Å². The van der Waals surface area contributed by atoms with Crippen LogP contribution in [0.3, 0.4) is 0 Å². The molecule has 0 saturated carbocycles. The lowest BCUT2D eigenvalue weighted by Crippen LogP contribution is -2.27. The van der Waals surface area contributed by atoms with E-state index in [2.05, 4.69) is 67.5 Å². The van der Waals surface area contributed by atoms with Crippen molar-refractivity contribution in [2.75, 3.05) is 0 Å². The maximum atomic E-state index is 2.77. The first-order valence-corrected chi connectivity index (χ1v) is 12.3. The summed E-state index contributed by atoms with van der Waals surface area (Å²) in [4.78, 5) is 0. The summed E-state index contributed by atoms with van der Waals surface area (Å²) in [6, 6.07) is 5.47. The van der Waals surface area contributed by atoms with Crippen LogP contribution in [0.4, 0.5) is 0 Å². The Hall–Kier alpha value is -0.780. The molecule has 2 aliphatic rings. The fraction of sp³-hybridized carbons (Fsp3) is 0.786. The van der Waals surface area contributed by atoms with Crippen molar-refractivity contribution in [1.29, 1.82) is 0 Å². The summed E-state index contributed by atoms with van der Waals surface area (Å²) in [6.07, 6.45) is 13.3. The van der Waals surface area contributed by atoms with Gasteiger partial charge in [-0.3, -0.25) is 0 Å². The van der Waals surface area contributed by atoms with E-state index in [0.29, 0.717) is 21.7 Å². The number of hydrogen-bond donors (Lipinski definition) is 0. The molecule has 0 atom stereocenters. The molecule has 0 unspecified atom stereocenters. The summed E-state index contributed by atoms with van der Waals surface area (Å²) in [5.74, 6) is 0. The van der Waals surface area contributed by atoms with Crippen LogP contribution in [0.1, 0.15) is 142 Å². The maximum absolute atomic E-state index is 2.77. The van der Waals surface area contributed by atoms with E-state index in [1.54, 1.807) is 22.3 Å². The minimum atomic E-state index is 0.311. The van der Waals surface area contributed by atoms with Gasteiger partial charge in [-0.15, -0.1) is 0 Å². The zero-order valence-corrected chi connectivity index (χ0v) is 20.2. The summed E-state index contributed by atoms with van der Waals surface area (Å²) in [5, 5.41) is 0. The number of rotatable bonds is 8. The Morgan fingerprint density at radius 3 is 1.11 bits per heavy atom. The van der Waals surface area contributed by atoms with Crippen molar-refractivity contribution in [2.45, 2.75) is 141 Å². The van der Waals surface area contributed by atoms with Crippen molar-refractivity contribution in [3.8, 4) is 0 Å². The Morgan fingerprint density at radius 1 is 0.536 bits per heavy atom. The van der Waals surface area contributed by atoms with E-state index in [-0.39, 0.29) is 0 Å². The highest BCUT2D eigenvalue weighted by Crippen LogP contribution is 2.60. The van der Waals surface area contributed by atoms with Crippen molar-refractivity contribution in [3.63, 3.8) is 0 Å². The van der Waals surface area contributed by atoms with Crippen LogP contribution in [0, 0.1) is 0 Å². The molecule has 0 aliphatic heterocycles. The van der Waals surface area contributed by atoms with Gasteiger partial charge in [-0.2, -0.15) is 0 Å². The average molecular weight is 383 g/mol. The van der Waals surface area contributed by atoms with Gasteiger partial charge in [0.25, 0.3) is 0 Å². The van der Waals surface area contributed by atoms with Gasteiger partial charge in [0.1, 0.15) is 0 Å². The number of hydrogen-bond acceptors (Lipinski definition) is 0. The lowest BCUT2D eigenvalue weighted by atomic mass is 9.70. The molecule has 2 aliphatic carbocycles. The standard InChI is InChI=1S/C28H46/c1-9-13-27(14-10-2)19-25(5,6)21-17-22-24(18-23(21)27)28(15-11-3,16-12-4)20-26(22,7)8/h17-18H,9-16,19-20H2,1-8H3. The van der Waals surface area contributed by atoms with E-state index in [1.165, 1.54) is 64.2 Å². The van der Waals surface area contributed by atoms with Gasteiger partial charge in [-0.05, 0) is 82.4 Å². The third-order valence-corrected chi connectivity index (χ3v) is 8.23. The molecule has 28 heavy (non-hydrogen) atoms. The van der Waals surface area contributed by atoms with Gasteiger partial charge in [0.05, 0.1) is 0 Å². The molecule has 158 valence electrons. The molecule has 0 bridgehead atoms. The molecular weight excluding hydrogens is 336 g/mol. The zero-order chi connectivity index (χ0) is 20.8. The molecule has 0 radical (unpaired) electrons. The Balaban J connectivity index is 2.27. The first kappa shape index (κ1) is 21.9. The van der Waals surface area contributed by atoms with Crippen LogP contribution < -0.4 is 0 Å². The average Bonchev–Trinajstić information content (AvgIpc) is 2.94. The first-order chi connectivity index (χ1) is 13.1. The van der Waals surface area contributed by atoms with E-state index in [0.717, 1.165) is 0 Å². The second-order valence-electron chi connectivity index (χ2n) is 11.6. The number of fused-ring (bicyclic) bond motifs is 2. The lowest BCUT2D eigenvalue weighted by Gasteiger charge is -2.34. The van der Waals surface area contributed by atoms with Crippen molar-refractivity contribution in [1.82, 2.24) is 0 Å². The highest BCUT2D eigenvalue weighted by molar-refractivity contribution is 5.56. The topological polar surface area (TPSA) is 0 Å². The number of benzene rings is 1. The predicted octanol–water partition coefficient (Wildman–Crippen LogP) is 8.73. The molecule has 0 N–H and O–H groups in total. The summed E-state index contributed by atoms with van der Waals surface area (Å²) >= 11 is 0. The minimum Gasteiger partial charge on any atom is -0.0654 e. The van der Waals surface area contributed by atoms with Crippen LogP contribution in [0.5, 0.6) is 0 Å². The third kappa shape index (κ3) is 3.27. The van der Waals surface area contributed by atoms with Crippen molar-refractivity contribution in [2.24, 2.45) is 0 Å². The van der Waals surface area contributed by atoms with E-state index in [1.807, 2.05) is 0 Å². The van der Waals surface area contributed by atoms with Crippen LogP contribution >= 0.6 is 0 Å². The van der Waals surface area contributed by atoms with Gasteiger partial charge in [-0.25, -0.2) is 0 Å². The summed E-state index contributed by atoms with van der Waals surface area (Å²) < 4.78 is 0. The van der Waals surface area contributed by atoms with E-state index < -0.39 is 0 Å². The van der Waals surface area contributed by atoms with Gasteiger partial charge in [0.2, 0.25) is 0 Å². The lowest BCUT2D eigenvalue weighted by molar-refractivity contribution is 0.296. The van der Waals surface area contributed by atoms with Gasteiger partial charge in [0, 0.05) is 0 Å². The molecule has 0 heterocycles. The molecule has 3 rings (SSSR count). The van der Waals surface area contributed by atoms with Crippen LogP contribution in [-0.2, 0) is 21.7 Å². The van der Waals surface area contributed by atoms with Crippen LogP contribution in [0.15, 0.2) is 12.1 Å². The Bertz CT molecular complexity index is 634. The molecule has 0 spiro atoms. The van der Waals surface area contributed by atoms with Crippen LogP contribution in [0.25, 0.3) is 0 Å². The molecule has 0 aromatic heterocycles. The Kier molecular flexibility index (Phi) is 5.85. The zero-order valence-electron chi connectivity index (χ0n) is 20.2. The second kappa shape index (κ2) is 7.48. The van der Waals surface area contributed by atoms with E-state index in [9.17, 15) is 0 Å². The van der Waals surface area contributed by atoms with Crippen molar-refractivity contribution < 1.29 is 0 Å². The van der Waals surface area contributed by atoms with E-state index >= 15 is 0 Å². The maximum Gasteiger partial charge on any atom is -0.00359 e. The fourth-order valence-electron chi connectivity index (χ4n) is 7.73. The molecule has 0 saturated heterocycles. The third-order valence-electron chi connectivity index (χ3n) is 8.23.